The van der Waals surface area contributed by atoms with Gasteiger partial charge in [-0.05, 0) is 12.1 Å². The predicted octanol–water partition coefficient (Wildman–Crippen LogP) is 1.94. The van der Waals surface area contributed by atoms with Gasteiger partial charge >= 0.3 is 5.97 Å². The van der Waals surface area contributed by atoms with Crippen LogP contribution in [0.5, 0.6) is 0 Å². The molecule has 0 aliphatic carbocycles. The molecule has 0 aliphatic heterocycles. The van der Waals surface area contributed by atoms with Crippen LogP contribution in [0, 0.1) is 0 Å². The fraction of sp³-hybridized carbons (Fsp3) is 0.333. The molecule has 21 heavy (non-hydrogen) atoms. The number of halogens is 2. The molecule has 2 aromatic heterocycles. The van der Waals surface area contributed by atoms with E-state index in [9.17, 15) is 22.0 Å². The van der Waals surface area contributed by atoms with E-state index in [1.54, 1.807) is 0 Å². The second-order valence-corrected chi connectivity index (χ2v) is 6.66. The zero-order valence-corrected chi connectivity index (χ0v) is 12.0. The van der Waals surface area contributed by atoms with Crippen molar-refractivity contribution in [3.8, 4) is 0 Å². The predicted molar refractivity (Wildman–Crippen MR) is 69.4 cm³/mol. The highest BCUT2D eigenvalue weighted by Crippen LogP contribution is 2.31. The average molecular weight is 318 g/mol. The maximum Gasteiger partial charge on any atom is 0.357 e. The number of carboxylic acid groups (broad SMARTS) is 1. The maximum atomic E-state index is 13.7. The van der Waals surface area contributed by atoms with Gasteiger partial charge in [0.05, 0.1) is 11.4 Å². The fourth-order valence-corrected chi connectivity index (χ4v) is 3.14. The lowest BCUT2D eigenvalue weighted by molar-refractivity contribution is 0.0108. The van der Waals surface area contributed by atoms with E-state index in [0.717, 1.165) is 6.07 Å². The first-order chi connectivity index (χ1) is 9.59. The second-order valence-electron chi connectivity index (χ2n) is 4.47. The number of hydrogen-bond acceptors (Lipinski definition) is 4. The summed E-state index contributed by atoms with van der Waals surface area (Å²) in [5.41, 5.74) is -1.54. The third-order valence-electron chi connectivity index (χ3n) is 2.93. The summed E-state index contributed by atoms with van der Waals surface area (Å²) in [6.45, 7) is 1.90. The number of hydrogen-bond donors (Lipinski definition) is 1. The molecule has 2 aromatic rings. The number of sulfone groups is 1. The van der Waals surface area contributed by atoms with Crippen molar-refractivity contribution in [3.63, 3.8) is 0 Å². The molecular weight excluding hydrogens is 306 g/mol. The van der Waals surface area contributed by atoms with Gasteiger partial charge in [0.1, 0.15) is 5.65 Å². The molecule has 1 N–H and O–H groups in total. The van der Waals surface area contributed by atoms with Gasteiger partial charge in [0.2, 0.25) is 0 Å². The Morgan fingerprint density at radius 3 is 2.52 bits per heavy atom. The molecule has 0 saturated carbocycles. The number of carbonyl (C=O) groups is 1. The molecule has 0 bridgehead atoms. The van der Waals surface area contributed by atoms with E-state index in [2.05, 4.69) is 4.98 Å². The Balaban J connectivity index is 3.05. The van der Waals surface area contributed by atoms with Gasteiger partial charge in [0, 0.05) is 6.92 Å². The van der Waals surface area contributed by atoms with Crippen LogP contribution >= 0.6 is 0 Å². The third-order valence-corrected chi connectivity index (χ3v) is 4.65. The number of pyridine rings is 1. The summed E-state index contributed by atoms with van der Waals surface area (Å²) in [5, 5.41) is 8.37. The Bertz CT molecular complexity index is 822. The minimum Gasteiger partial charge on any atom is -0.476 e. The molecule has 0 saturated heterocycles. The summed E-state index contributed by atoms with van der Waals surface area (Å²) in [7, 11) is -4.05. The van der Waals surface area contributed by atoms with Crippen LogP contribution in [0.4, 0.5) is 8.78 Å². The molecule has 0 spiro atoms. The van der Waals surface area contributed by atoms with Crippen molar-refractivity contribution in [1.29, 1.82) is 0 Å². The zero-order chi connectivity index (χ0) is 16.0. The molecule has 0 atom stereocenters. The van der Waals surface area contributed by atoms with Crippen molar-refractivity contribution < 1.29 is 27.1 Å². The topological polar surface area (TPSA) is 88.7 Å². The monoisotopic (exact) mass is 318 g/mol. The molecule has 0 unspecified atom stereocenters. The van der Waals surface area contributed by atoms with Crippen LogP contribution < -0.4 is 0 Å². The van der Waals surface area contributed by atoms with Crippen LogP contribution in [0.3, 0.4) is 0 Å². The summed E-state index contributed by atoms with van der Waals surface area (Å²) in [4.78, 5) is 14.8. The van der Waals surface area contributed by atoms with Crippen molar-refractivity contribution in [2.45, 2.75) is 24.8 Å². The van der Waals surface area contributed by atoms with Gasteiger partial charge in [0.15, 0.2) is 20.6 Å². The van der Waals surface area contributed by atoms with E-state index < -0.39 is 43.9 Å². The Kier molecular flexibility index (Phi) is 3.48. The normalized spacial score (nSPS) is 12.8. The van der Waals surface area contributed by atoms with E-state index in [1.165, 1.54) is 19.1 Å². The summed E-state index contributed by atoms with van der Waals surface area (Å²) < 4.78 is 52.3. The van der Waals surface area contributed by atoms with Crippen LogP contribution in [-0.2, 0) is 15.8 Å². The lowest BCUT2D eigenvalue weighted by Gasteiger charge is -2.14. The number of rotatable bonds is 4. The smallest absolute Gasteiger partial charge is 0.357 e. The molecule has 0 amide bonds. The zero-order valence-electron chi connectivity index (χ0n) is 11.2. The average Bonchev–Trinajstić information content (AvgIpc) is 2.77. The van der Waals surface area contributed by atoms with Crippen molar-refractivity contribution in [2.75, 3.05) is 5.75 Å². The summed E-state index contributed by atoms with van der Waals surface area (Å²) in [6, 6.07) is 3.58. The van der Waals surface area contributed by atoms with Gasteiger partial charge in [0.25, 0.3) is 5.92 Å². The minimum atomic E-state index is -4.05. The number of nitrogens with zero attached hydrogens (tertiary/aromatic N) is 2. The van der Waals surface area contributed by atoms with Crippen molar-refractivity contribution >= 4 is 21.5 Å². The van der Waals surface area contributed by atoms with Crippen molar-refractivity contribution in [1.82, 2.24) is 9.38 Å². The second kappa shape index (κ2) is 4.76. The Hall–Kier alpha value is -2.03. The first-order valence-corrected chi connectivity index (χ1v) is 7.60. The number of aromatic carboxylic acids is 1. The van der Waals surface area contributed by atoms with E-state index >= 15 is 0 Å². The van der Waals surface area contributed by atoms with Crippen LogP contribution in [0.15, 0.2) is 23.2 Å². The summed E-state index contributed by atoms with van der Waals surface area (Å²) in [5.74, 6) is -5.37. The Labute approximate surface area is 119 Å². The molecule has 2 rings (SSSR count). The molecule has 114 valence electrons. The third kappa shape index (κ3) is 2.48. The number of aromatic nitrogens is 2. The molecule has 6 nitrogen and oxygen atoms in total. The number of imidazole rings is 1. The van der Waals surface area contributed by atoms with Crippen molar-refractivity contribution in [2.24, 2.45) is 0 Å². The molecule has 9 heteroatoms. The van der Waals surface area contributed by atoms with Gasteiger partial charge < -0.3 is 5.11 Å². The van der Waals surface area contributed by atoms with Gasteiger partial charge in [-0.25, -0.2) is 27.0 Å². The Morgan fingerprint density at radius 2 is 2.05 bits per heavy atom. The van der Waals surface area contributed by atoms with Gasteiger partial charge in [-0.15, -0.1) is 0 Å². The molecular formula is C12H12F2N2O4S. The largest absolute Gasteiger partial charge is 0.476 e. The van der Waals surface area contributed by atoms with Crippen LogP contribution in [-0.4, -0.2) is 34.6 Å². The SMILES string of the molecule is CCS(=O)(=O)c1c(C(=O)O)nc2cccc(C(C)(F)F)n12. The number of alkyl halides is 2. The lowest BCUT2D eigenvalue weighted by atomic mass is 10.2. The molecule has 0 fully saturated rings. The van der Waals surface area contributed by atoms with Crippen LogP contribution in [0.2, 0.25) is 0 Å². The Morgan fingerprint density at radius 1 is 1.43 bits per heavy atom. The van der Waals surface area contributed by atoms with E-state index in [1.807, 2.05) is 0 Å². The highest BCUT2D eigenvalue weighted by Gasteiger charge is 2.34. The standard InChI is InChI=1S/C12H12F2N2O4S/c1-3-21(19,20)10-9(11(17)18)15-8-6-4-5-7(16(8)10)12(2,13)14/h4-6H,3H2,1-2H3,(H,17,18). The van der Waals surface area contributed by atoms with E-state index in [0.29, 0.717) is 11.3 Å². The highest BCUT2D eigenvalue weighted by atomic mass is 32.2. The quantitative estimate of drug-likeness (QED) is 0.930. The first-order valence-electron chi connectivity index (χ1n) is 5.95. The molecule has 0 radical (unpaired) electrons. The molecule has 0 aliphatic rings. The maximum absolute atomic E-state index is 13.7. The highest BCUT2D eigenvalue weighted by molar-refractivity contribution is 7.91. The number of carboxylic acids is 1. The van der Waals surface area contributed by atoms with Crippen molar-refractivity contribution in [3.05, 3.63) is 29.6 Å². The fourth-order valence-electron chi connectivity index (χ4n) is 1.97. The van der Waals surface area contributed by atoms with Gasteiger partial charge in [-0.1, -0.05) is 13.0 Å². The lowest BCUT2D eigenvalue weighted by Crippen LogP contribution is -2.18. The van der Waals surface area contributed by atoms with Gasteiger partial charge in [-0.2, -0.15) is 0 Å². The van der Waals surface area contributed by atoms with Gasteiger partial charge in [-0.3, -0.25) is 4.40 Å². The van der Waals surface area contributed by atoms with Crippen LogP contribution in [0.25, 0.3) is 5.65 Å². The minimum absolute atomic E-state index is 0.154. The summed E-state index contributed by atoms with van der Waals surface area (Å²) >= 11 is 0. The molecule has 0 aromatic carbocycles. The van der Waals surface area contributed by atoms with E-state index in [4.69, 9.17) is 5.11 Å². The summed E-state index contributed by atoms with van der Waals surface area (Å²) in [6.07, 6.45) is 0. The van der Waals surface area contributed by atoms with E-state index in [-0.39, 0.29) is 5.65 Å². The number of fused-ring (bicyclic) bond motifs is 1. The first kappa shape index (κ1) is 15.4. The molecule has 2 heterocycles. The van der Waals surface area contributed by atoms with Crippen LogP contribution in [0.1, 0.15) is 30.0 Å².